The Morgan fingerprint density at radius 1 is 0.825 bits per heavy atom. The van der Waals surface area contributed by atoms with Crippen molar-refractivity contribution in [3.05, 3.63) is 124 Å². The van der Waals surface area contributed by atoms with Gasteiger partial charge in [-0.25, -0.2) is 0 Å². The molecule has 1 aliphatic heterocycles. The quantitative estimate of drug-likeness (QED) is 0.119. The van der Waals surface area contributed by atoms with Crippen molar-refractivity contribution in [3.63, 3.8) is 0 Å². The van der Waals surface area contributed by atoms with Gasteiger partial charge in [-0.15, -0.1) is 0 Å². The lowest BCUT2D eigenvalue weighted by Gasteiger charge is -2.19. The van der Waals surface area contributed by atoms with Crippen LogP contribution in [0.5, 0.6) is 5.75 Å². The Bertz CT molecular complexity index is 1760. The molecule has 5 nitrogen and oxygen atoms in total. The molecule has 1 saturated carbocycles. The predicted molar refractivity (Wildman–Crippen MR) is 155 cm³/mol. The highest BCUT2D eigenvalue weighted by atomic mass is 16.5. The molecule has 198 valence electrons. The van der Waals surface area contributed by atoms with Gasteiger partial charge in [-0.1, -0.05) is 60.7 Å². The summed E-state index contributed by atoms with van der Waals surface area (Å²) in [5, 5.41) is 0.836. The van der Waals surface area contributed by atoms with E-state index in [1.54, 1.807) is 12.1 Å². The third kappa shape index (κ3) is 4.63. The largest absolute Gasteiger partial charge is 0.489 e. The van der Waals surface area contributed by atoms with Crippen molar-refractivity contribution in [1.29, 1.82) is 0 Å². The van der Waals surface area contributed by atoms with Gasteiger partial charge in [-0.3, -0.25) is 9.59 Å². The average molecular weight is 529 g/mol. The van der Waals surface area contributed by atoms with E-state index >= 15 is 0 Å². The van der Waals surface area contributed by atoms with Crippen LogP contribution in [0.3, 0.4) is 0 Å². The maximum Gasteiger partial charge on any atom is 0.182 e. The Morgan fingerprint density at radius 3 is 2.42 bits per heavy atom. The molecular weight excluding hydrogens is 500 g/mol. The molecule has 2 bridgehead atoms. The van der Waals surface area contributed by atoms with Gasteiger partial charge in [-0.2, -0.15) is 0 Å². The fourth-order valence-electron chi connectivity index (χ4n) is 6.08. The van der Waals surface area contributed by atoms with Crippen LogP contribution in [0.25, 0.3) is 33.4 Å². The molecule has 0 N–H and O–H groups in total. The topological polar surface area (TPSA) is 65.7 Å². The molecule has 7 rings (SSSR count). The second kappa shape index (κ2) is 10.2. The molecule has 3 atom stereocenters. The normalized spacial score (nSPS) is 19.4. The fraction of sp³-hybridized carbons (Fsp3) is 0.200. The highest BCUT2D eigenvalue weighted by molar-refractivity contribution is 6.05. The van der Waals surface area contributed by atoms with E-state index in [9.17, 15) is 9.59 Å². The zero-order valence-corrected chi connectivity index (χ0v) is 21.9. The van der Waals surface area contributed by atoms with E-state index in [0.717, 1.165) is 45.9 Å². The van der Waals surface area contributed by atoms with Crippen molar-refractivity contribution in [2.24, 2.45) is 11.8 Å². The molecule has 40 heavy (non-hydrogen) atoms. The van der Waals surface area contributed by atoms with Crippen molar-refractivity contribution in [3.8, 4) is 28.2 Å². The number of ether oxygens (including phenoxy) is 2. The number of allylic oxidation sites excluding steroid dienone is 1. The number of carbonyl (C=O) groups is 1. The maximum absolute atomic E-state index is 12.1. The van der Waals surface area contributed by atoms with Gasteiger partial charge in [0.05, 0.1) is 12.7 Å². The molecule has 3 aliphatic carbocycles. The summed E-state index contributed by atoms with van der Waals surface area (Å²) in [6.07, 6.45) is 8.23. The summed E-state index contributed by atoms with van der Waals surface area (Å²) < 4.78 is 18.5. The molecule has 0 spiro atoms. The molecule has 0 aromatic heterocycles. The minimum atomic E-state index is -0.140. The standard InChI is InChI=1S/C35H28O5/c36-19-26-3-1-2-4-29(26)35-30-13-11-27(37)17-33(30)40-34-18-28(12-14-31(34)35)38-20-22-5-7-23(8-6-22)21-39-32-16-24-9-10-25(32)15-24/h1-14,17-19,24-25,32H,15-16,20-21H2. The summed E-state index contributed by atoms with van der Waals surface area (Å²) >= 11 is 0. The number of hydrogen-bond donors (Lipinski definition) is 0. The van der Waals surface area contributed by atoms with Crippen molar-refractivity contribution in [2.75, 3.05) is 0 Å². The van der Waals surface area contributed by atoms with Crippen molar-refractivity contribution in [1.82, 2.24) is 0 Å². The first-order valence-electron chi connectivity index (χ1n) is 13.7. The summed E-state index contributed by atoms with van der Waals surface area (Å²) in [5.74, 6) is 2.41. The van der Waals surface area contributed by atoms with Crippen LogP contribution >= 0.6 is 0 Å². The van der Waals surface area contributed by atoms with Gasteiger partial charge >= 0.3 is 0 Å². The van der Waals surface area contributed by atoms with E-state index in [1.807, 2.05) is 36.4 Å². The van der Waals surface area contributed by atoms with E-state index in [0.29, 0.717) is 53.8 Å². The van der Waals surface area contributed by atoms with E-state index in [-0.39, 0.29) is 5.43 Å². The van der Waals surface area contributed by atoms with Gasteiger partial charge in [0.1, 0.15) is 23.7 Å². The van der Waals surface area contributed by atoms with Crippen LogP contribution in [0.1, 0.15) is 34.3 Å². The molecule has 3 aromatic rings. The first-order chi connectivity index (χ1) is 19.6. The van der Waals surface area contributed by atoms with Gasteiger partial charge in [0.15, 0.2) is 11.7 Å². The molecule has 4 aliphatic rings. The third-order valence-corrected chi connectivity index (χ3v) is 8.13. The lowest BCUT2D eigenvalue weighted by molar-refractivity contribution is 0.0245. The van der Waals surface area contributed by atoms with Crippen molar-refractivity contribution >= 4 is 17.3 Å². The first-order valence-corrected chi connectivity index (χ1v) is 13.7. The second-order valence-corrected chi connectivity index (χ2v) is 10.7. The van der Waals surface area contributed by atoms with Gasteiger partial charge in [0.25, 0.3) is 0 Å². The third-order valence-electron chi connectivity index (χ3n) is 8.13. The number of hydrogen-bond acceptors (Lipinski definition) is 5. The number of carbonyl (C=O) groups excluding carboxylic acids is 1. The highest BCUT2D eigenvalue weighted by Gasteiger charge is 2.36. The monoisotopic (exact) mass is 528 g/mol. The zero-order valence-electron chi connectivity index (χ0n) is 21.9. The first kappa shape index (κ1) is 24.6. The van der Waals surface area contributed by atoms with Crippen LogP contribution in [0, 0.1) is 11.8 Å². The molecule has 0 radical (unpaired) electrons. The number of benzene rings is 4. The molecule has 0 amide bonds. The molecule has 3 unspecified atom stereocenters. The van der Waals surface area contributed by atoms with Crippen LogP contribution in [-0.4, -0.2) is 12.4 Å². The predicted octanol–water partition coefficient (Wildman–Crippen LogP) is 7.44. The van der Waals surface area contributed by atoms with Crippen LogP contribution in [-0.2, 0) is 18.0 Å². The Hall–Kier alpha value is -4.48. The van der Waals surface area contributed by atoms with Crippen LogP contribution in [0.4, 0.5) is 0 Å². The second-order valence-electron chi connectivity index (χ2n) is 10.7. The Kier molecular flexibility index (Phi) is 6.29. The Morgan fingerprint density at radius 2 is 1.65 bits per heavy atom. The summed E-state index contributed by atoms with van der Waals surface area (Å²) in [4.78, 5) is 24.0. The number of rotatable bonds is 8. The van der Waals surface area contributed by atoms with E-state index in [4.69, 9.17) is 13.9 Å². The minimum absolute atomic E-state index is 0.140. The van der Waals surface area contributed by atoms with E-state index < -0.39 is 0 Å². The molecular formula is C35H28O5. The number of fused-ring (bicyclic) bond motifs is 4. The SMILES string of the molecule is O=Cc1ccccc1-c1c2ccc(=O)cc-2oc2cc(OCc3ccc(COC4CC5C=CC4C5)cc3)ccc12. The minimum Gasteiger partial charge on any atom is -0.489 e. The molecule has 3 aromatic carbocycles. The highest BCUT2D eigenvalue weighted by Crippen LogP contribution is 2.42. The fourth-order valence-corrected chi connectivity index (χ4v) is 6.08. The van der Waals surface area contributed by atoms with Crippen LogP contribution in [0.15, 0.2) is 106 Å². The molecule has 1 heterocycles. The van der Waals surface area contributed by atoms with Crippen molar-refractivity contribution < 1.29 is 18.7 Å². The molecule has 5 heteroatoms. The van der Waals surface area contributed by atoms with Gasteiger partial charge < -0.3 is 13.9 Å². The Balaban J connectivity index is 1.12. The smallest absolute Gasteiger partial charge is 0.182 e. The Labute approximate surface area is 232 Å². The van der Waals surface area contributed by atoms with E-state index in [1.165, 1.54) is 18.6 Å². The van der Waals surface area contributed by atoms with E-state index in [2.05, 4.69) is 36.4 Å². The van der Waals surface area contributed by atoms with Gasteiger partial charge in [-0.05, 0) is 59.7 Å². The number of aldehydes is 1. The van der Waals surface area contributed by atoms with Gasteiger partial charge in [0.2, 0.25) is 0 Å². The summed E-state index contributed by atoms with van der Waals surface area (Å²) in [5.41, 5.74) is 5.64. The summed E-state index contributed by atoms with van der Waals surface area (Å²) in [7, 11) is 0. The van der Waals surface area contributed by atoms with Crippen molar-refractivity contribution in [2.45, 2.75) is 32.2 Å². The average Bonchev–Trinajstić information content (AvgIpc) is 3.62. The lowest BCUT2D eigenvalue weighted by Crippen LogP contribution is -2.17. The summed E-state index contributed by atoms with van der Waals surface area (Å²) in [6, 6.07) is 26.2. The zero-order chi connectivity index (χ0) is 27.1. The van der Waals surface area contributed by atoms with Crippen LogP contribution in [0.2, 0.25) is 0 Å². The maximum atomic E-state index is 12.1. The molecule has 0 saturated heterocycles. The summed E-state index contributed by atoms with van der Waals surface area (Å²) in [6.45, 7) is 1.03. The lowest BCUT2D eigenvalue weighted by atomic mass is 9.91. The molecule has 1 fully saturated rings. The van der Waals surface area contributed by atoms with Gasteiger partial charge in [0, 0.05) is 40.1 Å². The van der Waals surface area contributed by atoms with Crippen LogP contribution < -0.4 is 10.2 Å².